The molecule has 1 fully saturated rings. The summed E-state index contributed by atoms with van der Waals surface area (Å²) in [4.78, 5) is 20.7. The van der Waals surface area contributed by atoms with Crippen LogP contribution in [0.3, 0.4) is 0 Å². The van der Waals surface area contributed by atoms with Crippen molar-refractivity contribution >= 4 is 44.8 Å². The number of hydrogen-bond acceptors (Lipinski definition) is 7. The first-order chi connectivity index (χ1) is 23.4. The van der Waals surface area contributed by atoms with Gasteiger partial charge >= 0.3 is 0 Å². The maximum Gasteiger partial charge on any atom is 0.264 e. The molecule has 0 radical (unpaired) electrons. The molecule has 2 aliphatic carbocycles. The first-order valence-electron chi connectivity index (χ1n) is 17.1. The van der Waals surface area contributed by atoms with Gasteiger partial charge < -0.3 is 18.9 Å². The molecule has 1 N–H and O–H groups in total. The van der Waals surface area contributed by atoms with Crippen molar-refractivity contribution in [2.45, 2.75) is 68.6 Å². The van der Waals surface area contributed by atoms with Gasteiger partial charge in [0.15, 0.2) is 0 Å². The SMILES string of the molecule is CO[C@@]1(c2ncc(Cl)n2C)/C=C/C[C@H](C)[C@@H](C)S(=O)(=O)NC(=O)c2ccc3c(c2)N(C[C@@H]2CC[C@H]21)C[C@@]1(CCCc2cc(Cl)ccc21)CO3. The number of hydrogen-bond donors (Lipinski definition) is 1. The molecule has 1 spiro atoms. The molecule has 49 heavy (non-hydrogen) atoms. The molecule has 6 atom stereocenters. The number of nitrogens with zero attached hydrogens (tertiary/aromatic N) is 3. The molecule has 4 aliphatic rings. The second-order valence-corrected chi connectivity index (χ2v) is 17.3. The van der Waals surface area contributed by atoms with Crippen LogP contribution in [-0.4, -0.2) is 55.9 Å². The third-order valence-corrected chi connectivity index (χ3v) is 14.2. The van der Waals surface area contributed by atoms with Gasteiger partial charge in [-0.05, 0) is 105 Å². The van der Waals surface area contributed by atoms with Crippen LogP contribution in [0.15, 0.2) is 54.7 Å². The maximum atomic E-state index is 13.6. The summed E-state index contributed by atoms with van der Waals surface area (Å²) in [6, 6.07) is 11.4. The van der Waals surface area contributed by atoms with Gasteiger partial charge in [0.05, 0.1) is 23.7 Å². The van der Waals surface area contributed by atoms with Crippen molar-refractivity contribution in [3.63, 3.8) is 0 Å². The summed E-state index contributed by atoms with van der Waals surface area (Å²) in [5.41, 5.74) is 2.34. The lowest BCUT2D eigenvalue weighted by Crippen LogP contribution is -2.52. The zero-order valence-electron chi connectivity index (χ0n) is 28.4. The van der Waals surface area contributed by atoms with Gasteiger partial charge in [-0.1, -0.05) is 42.3 Å². The Morgan fingerprint density at radius 1 is 1.12 bits per heavy atom. The molecule has 9 nitrogen and oxygen atoms in total. The fourth-order valence-corrected chi connectivity index (χ4v) is 10.2. The summed E-state index contributed by atoms with van der Waals surface area (Å²) in [6.07, 6.45) is 11.0. The number of aromatic nitrogens is 2. The number of carbonyl (C=O) groups excluding carboxylic acids is 1. The van der Waals surface area contributed by atoms with Crippen molar-refractivity contribution < 1.29 is 22.7 Å². The van der Waals surface area contributed by atoms with Gasteiger partial charge in [-0.2, -0.15) is 0 Å². The van der Waals surface area contributed by atoms with E-state index >= 15 is 0 Å². The van der Waals surface area contributed by atoms with Gasteiger partial charge in [-0.15, -0.1) is 0 Å². The Kier molecular flexibility index (Phi) is 9.08. The largest absolute Gasteiger partial charge is 0.490 e. The van der Waals surface area contributed by atoms with Gasteiger partial charge in [0, 0.05) is 49.2 Å². The van der Waals surface area contributed by atoms with Gasteiger partial charge in [0.2, 0.25) is 10.0 Å². The highest BCUT2D eigenvalue weighted by Gasteiger charge is 2.52. The summed E-state index contributed by atoms with van der Waals surface area (Å²) < 4.78 is 44.4. The Balaban J connectivity index is 1.37. The number of anilines is 1. The average Bonchev–Trinajstić information content (AvgIpc) is 3.32. The molecule has 1 aromatic heterocycles. The highest BCUT2D eigenvalue weighted by atomic mass is 35.5. The Morgan fingerprint density at radius 3 is 2.65 bits per heavy atom. The van der Waals surface area contributed by atoms with Crippen LogP contribution in [0.25, 0.3) is 0 Å². The van der Waals surface area contributed by atoms with Crippen LogP contribution >= 0.6 is 23.2 Å². The smallest absolute Gasteiger partial charge is 0.264 e. The molecule has 2 aliphatic heterocycles. The van der Waals surface area contributed by atoms with Crippen molar-refractivity contribution in [3.05, 3.63) is 87.4 Å². The Bertz CT molecular complexity index is 1910. The molecular formula is C37H44Cl2N4O5S. The van der Waals surface area contributed by atoms with Crippen LogP contribution in [0, 0.1) is 17.8 Å². The molecule has 1 amide bonds. The van der Waals surface area contributed by atoms with Gasteiger partial charge in [-0.25, -0.2) is 18.1 Å². The number of allylic oxidation sites excluding steroid dienone is 1. The van der Waals surface area contributed by atoms with Crippen LogP contribution in [0.4, 0.5) is 5.69 Å². The average molecular weight is 728 g/mol. The highest BCUT2D eigenvalue weighted by molar-refractivity contribution is 7.90. The van der Waals surface area contributed by atoms with Crippen LogP contribution in [0.2, 0.25) is 10.2 Å². The molecule has 2 aromatic carbocycles. The van der Waals surface area contributed by atoms with Crippen molar-refractivity contribution in [2.24, 2.45) is 24.8 Å². The summed E-state index contributed by atoms with van der Waals surface area (Å²) in [5.74, 6) is 0.717. The first-order valence-corrected chi connectivity index (χ1v) is 19.4. The van der Waals surface area contributed by atoms with Crippen molar-refractivity contribution in [1.29, 1.82) is 0 Å². The van der Waals surface area contributed by atoms with Crippen molar-refractivity contribution in [1.82, 2.24) is 14.3 Å². The fraction of sp³-hybridized carbons (Fsp3) is 0.514. The Hall–Kier alpha value is -3.05. The molecule has 0 saturated heterocycles. The summed E-state index contributed by atoms with van der Waals surface area (Å²) in [6.45, 7) is 5.35. The Morgan fingerprint density at radius 2 is 1.94 bits per heavy atom. The quantitative estimate of drug-likeness (QED) is 0.290. The van der Waals surface area contributed by atoms with Crippen LogP contribution in [-0.2, 0) is 39.2 Å². The fourth-order valence-electron chi connectivity index (χ4n) is 8.55. The van der Waals surface area contributed by atoms with Crippen LogP contribution in [0.1, 0.15) is 73.3 Å². The van der Waals surface area contributed by atoms with E-state index in [1.54, 1.807) is 38.4 Å². The summed E-state index contributed by atoms with van der Waals surface area (Å²) in [7, 11) is -0.379. The Labute approximate surface area is 299 Å². The minimum Gasteiger partial charge on any atom is -0.490 e. The van der Waals surface area contributed by atoms with E-state index in [0.29, 0.717) is 42.8 Å². The molecule has 0 unspecified atom stereocenters. The van der Waals surface area contributed by atoms with E-state index < -0.39 is 26.8 Å². The number of sulfonamides is 1. The van der Waals surface area contributed by atoms with E-state index in [4.69, 9.17) is 37.7 Å². The minimum atomic E-state index is -3.99. The second kappa shape index (κ2) is 12.9. The van der Waals surface area contributed by atoms with E-state index in [1.807, 2.05) is 30.7 Å². The number of amides is 1. The topological polar surface area (TPSA) is 103 Å². The summed E-state index contributed by atoms with van der Waals surface area (Å²) in [5, 5.41) is 0.407. The number of carbonyl (C=O) groups is 1. The molecule has 1 saturated carbocycles. The predicted molar refractivity (Wildman–Crippen MR) is 192 cm³/mol. The van der Waals surface area contributed by atoms with Gasteiger partial charge in [0.25, 0.3) is 5.91 Å². The minimum absolute atomic E-state index is 0.0581. The zero-order valence-corrected chi connectivity index (χ0v) is 30.7. The van der Waals surface area contributed by atoms with Crippen molar-refractivity contribution in [3.8, 4) is 5.75 Å². The molecule has 12 heteroatoms. The number of ether oxygens (including phenoxy) is 2. The number of methoxy groups -OCH3 is 1. The van der Waals surface area contributed by atoms with E-state index in [9.17, 15) is 13.2 Å². The molecule has 2 bridgehead atoms. The molecule has 3 heterocycles. The van der Waals surface area contributed by atoms with E-state index in [2.05, 4.69) is 27.8 Å². The molecule has 7 rings (SSSR count). The number of nitrogens with one attached hydrogen (secondary N) is 1. The monoisotopic (exact) mass is 726 g/mol. The standard InChI is InChI=1S/C37H44Cl2N4O5S/c1-23-7-5-16-37(47-4,35-40-19-33(39)42(35)3)30-12-9-27(30)20-43-21-36(15-6-8-25-17-28(38)11-13-29(25)36)22-48-32-14-10-26(18-31(32)43)34(44)41-49(45,46)24(23)2/h5,10-11,13-14,16-19,23-24,27,30H,6-9,12,15,20-22H2,1-4H3,(H,41,44)/b16-5+/t23-,24+,27-,30+,36-,37-/m0/s1. The summed E-state index contributed by atoms with van der Waals surface area (Å²) >= 11 is 13.0. The number of rotatable bonds is 2. The lowest BCUT2D eigenvalue weighted by atomic mass is 9.63. The van der Waals surface area contributed by atoms with E-state index in [0.717, 1.165) is 42.8 Å². The van der Waals surface area contributed by atoms with E-state index in [-0.39, 0.29) is 28.7 Å². The maximum absolute atomic E-state index is 13.6. The first kappa shape index (κ1) is 34.4. The molecule has 262 valence electrons. The lowest BCUT2D eigenvalue weighted by Gasteiger charge is -2.50. The predicted octanol–water partition coefficient (Wildman–Crippen LogP) is 6.81. The normalized spacial score (nSPS) is 31.8. The van der Waals surface area contributed by atoms with Crippen LogP contribution < -0.4 is 14.4 Å². The van der Waals surface area contributed by atoms with Crippen LogP contribution in [0.5, 0.6) is 5.75 Å². The van der Waals surface area contributed by atoms with Crippen molar-refractivity contribution in [2.75, 3.05) is 31.7 Å². The second-order valence-electron chi connectivity index (χ2n) is 14.5. The third kappa shape index (κ3) is 5.96. The van der Waals surface area contributed by atoms with Gasteiger partial charge in [0.1, 0.15) is 22.3 Å². The number of halogens is 2. The third-order valence-electron chi connectivity index (χ3n) is 11.7. The van der Waals surface area contributed by atoms with E-state index in [1.165, 1.54) is 11.1 Å². The highest BCUT2D eigenvalue weighted by Crippen LogP contribution is 2.52. The number of benzene rings is 2. The molecular weight excluding hydrogens is 683 g/mol. The number of fused-ring (bicyclic) bond motifs is 4. The number of aryl methyl sites for hydroxylation is 1. The number of imidazole rings is 1. The molecule has 3 aromatic rings. The zero-order chi connectivity index (χ0) is 34.7. The lowest BCUT2D eigenvalue weighted by molar-refractivity contribution is -0.0874. The van der Waals surface area contributed by atoms with Gasteiger partial charge in [-0.3, -0.25) is 4.79 Å².